The fourth-order valence-electron chi connectivity index (χ4n) is 1.28. The molecule has 1 aromatic carbocycles. The van der Waals surface area contributed by atoms with Crippen LogP contribution in [0.3, 0.4) is 0 Å². The molecule has 0 aliphatic rings. The molecule has 0 atom stereocenters. The minimum absolute atomic E-state index is 0.130. The highest BCUT2D eigenvalue weighted by atomic mass is 19.1. The number of benzene rings is 1. The zero-order chi connectivity index (χ0) is 14.0. The average Bonchev–Trinajstić information content (AvgIpc) is 2.78. The first-order valence-electron chi connectivity index (χ1n) is 4.90. The molecule has 0 saturated carbocycles. The lowest BCUT2D eigenvalue weighted by molar-refractivity contribution is -0.385. The van der Waals surface area contributed by atoms with Gasteiger partial charge in [0.1, 0.15) is 0 Å². The molecule has 0 spiro atoms. The Hall–Kier alpha value is -3.04. The average molecular weight is 266 g/mol. The van der Waals surface area contributed by atoms with E-state index < -0.39 is 22.3 Å². The molecule has 19 heavy (non-hydrogen) atoms. The van der Waals surface area contributed by atoms with Crippen LogP contribution >= 0.6 is 0 Å². The molecule has 0 radical (unpaired) electrons. The van der Waals surface area contributed by atoms with E-state index in [0.717, 1.165) is 12.1 Å². The first-order valence-corrected chi connectivity index (χ1v) is 4.90. The molecular formula is C9H7FN6O3. The molecule has 0 unspecified atom stereocenters. The fourth-order valence-corrected chi connectivity index (χ4v) is 1.28. The van der Waals surface area contributed by atoms with E-state index >= 15 is 0 Å². The maximum absolute atomic E-state index is 13.5. The van der Waals surface area contributed by atoms with Gasteiger partial charge >= 0.3 is 0 Å². The van der Waals surface area contributed by atoms with Gasteiger partial charge in [0.05, 0.1) is 16.7 Å². The van der Waals surface area contributed by atoms with Crippen molar-refractivity contribution in [3.63, 3.8) is 0 Å². The number of H-pyrrole nitrogens is 1. The first-order chi connectivity index (χ1) is 8.97. The molecule has 98 valence electrons. The number of nitrogens with zero attached hydrogens (tertiary/aromatic N) is 3. The third-order valence-corrected chi connectivity index (χ3v) is 2.13. The molecular weight excluding hydrogens is 259 g/mol. The number of nitrogens with two attached hydrogens (primary N) is 1. The van der Waals surface area contributed by atoms with Gasteiger partial charge in [0, 0.05) is 6.07 Å². The number of rotatable bonds is 3. The molecule has 10 heteroatoms. The van der Waals surface area contributed by atoms with Crippen LogP contribution in [-0.4, -0.2) is 26.0 Å². The van der Waals surface area contributed by atoms with Crippen LogP contribution in [0.2, 0.25) is 0 Å². The van der Waals surface area contributed by atoms with Gasteiger partial charge in [-0.05, 0) is 6.07 Å². The first kappa shape index (κ1) is 12.4. The van der Waals surface area contributed by atoms with Gasteiger partial charge < -0.3 is 11.1 Å². The monoisotopic (exact) mass is 266 g/mol. The van der Waals surface area contributed by atoms with E-state index in [-0.39, 0.29) is 17.5 Å². The SMILES string of the molecule is Nc1n[nH]c(C(=O)Nc2ccc([N+](=O)[O-])cc2F)n1. The summed E-state index contributed by atoms with van der Waals surface area (Å²) in [5.74, 6) is -2.03. The van der Waals surface area contributed by atoms with Crippen molar-refractivity contribution >= 4 is 23.2 Å². The summed E-state index contributed by atoms with van der Waals surface area (Å²) in [7, 11) is 0. The largest absolute Gasteiger partial charge is 0.366 e. The number of carbonyl (C=O) groups is 1. The maximum atomic E-state index is 13.5. The van der Waals surface area contributed by atoms with Gasteiger partial charge in [-0.25, -0.2) is 4.39 Å². The number of anilines is 2. The Morgan fingerprint density at radius 2 is 2.26 bits per heavy atom. The predicted octanol–water partition coefficient (Wildman–Crippen LogP) is 0.686. The number of carbonyl (C=O) groups excluding carboxylic acids is 1. The molecule has 0 saturated heterocycles. The molecule has 1 heterocycles. The Balaban J connectivity index is 2.20. The van der Waals surface area contributed by atoms with Crippen molar-refractivity contribution in [1.82, 2.24) is 15.2 Å². The Morgan fingerprint density at radius 3 is 2.79 bits per heavy atom. The van der Waals surface area contributed by atoms with Crippen molar-refractivity contribution in [3.8, 4) is 0 Å². The summed E-state index contributed by atoms with van der Waals surface area (Å²) in [6.07, 6.45) is 0. The highest BCUT2D eigenvalue weighted by molar-refractivity contribution is 6.01. The highest BCUT2D eigenvalue weighted by Crippen LogP contribution is 2.20. The van der Waals surface area contributed by atoms with Gasteiger partial charge in [-0.1, -0.05) is 0 Å². The lowest BCUT2D eigenvalue weighted by Crippen LogP contribution is -2.15. The molecule has 4 N–H and O–H groups in total. The van der Waals surface area contributed by atoms with E-state index in [1.807, 2.05) is 0 Å². The van der Waals surface area contributed by atoms with E-state index in [9.17, 15) is 19.3 Å². The third kappa shape index (κ3) is 2.62. The van der Waals surface area contributed by atoms with Crippen LogP contribution < -0.4 is 11.1 Å². The summed E-state index contributed by atoms with van der Waals surface area (Å²) in [6, 6.07) is 2.84. The zero-order valence-electron chi connectivity index (χ0n) is 9.25. The minimum atomic E-state index is -0.935. The van der Waals surface area contributed by atoms with Crippen LogP contribution in [0, 0.1) is 15.9 Å². The quantitative estimate of drug-likeness (QED) is 0.551. The smallest absolute Gasteiger partial charge is 0.293 e. The number of hydrogen-bond donors (Lipinski definition) is 3. The summed E-state index contributed by atoms with van der Waals surface area (Å²) in [6.45, 7) is 0. The predicted molar refractivity (Wildman–Crippen MR) is 61.8 cm³/mol. The number of aromatic amines is 1. The third-order valence-electron chi connectivity index (χ3n) is 2.13. The van der Waals surface area contributed by atoms with Crippen LogP contribution in [0.25, 0.3) is 0 Å². The number of amides is 1. The second-order valence-corrected chi connectivity index (χ2v) is 3.42. The highest BCUT2D eigenvalue weighted by Gasteiger charge is 2.15. The van der Waals surface area contributed by atoms with E-state index in [4.69, 9.17) is 5.73 Å². The summed E-state index contributed by atoms with van der Waals surface area (Å²) in [5, 5.41) is 18.3. The second kappa shape index (κ2) is 4.68. The molecule has 1 aromatic heterocycles. The molecule has 0 fully saturated rings. The van der Waals surface area contributed by atoms with Gasteiger partial charge in [-0.3, -0.25) is 20.0 Å². The molecule has 2 aromatic rings. The maximum Gasteiger partial charge on any atom is 0.293 e. The summed E-state index contributed by atoms with van der Waals surface area (Å²) in [5.41, 5.74) is 4.58. The number of non-ortho nitro benzene ring substituents is 1. The normalized spacial score (nSPS) is 10.2. The number of nitro benzene ring substituents is 1. The van der Waals surface area contributed by atoms with Crippen molar-refractivity contribution in [2.75, 3.05) is 11.1 Å². The molecule has 0 aliphatic heterocycles. The number of hydrogen-bond acceptors (Lipinski definition) is 6. The molecule has 0 bridgehead atoms. The Bertz CT molecular complexity index is 655. The van der Waals surface area contributed by atoms with Crippen LogP contribution in [0.5, 0.6) is 0 Å². The van der Waals surface area contributed by atoms with Crippen molar-refractivity contribution < 1.29 is 14.1 Å². The number of halogens is 1. The Labute approximate surface area is 104 Å². The topological polar surface area (TPSA) is 140 Å². The number of aromatic nitrogens is 3. The van der Waals surface area contributed by atoms with Gasteiger partial charge in [-0.2, -0.15) is 4.98 Å². The summed E-state index contributed by atoms with van der Waals surface area (Å²) in [4.78, 5) is 24.8. The van der Waals surface area contributed by atoms with Gasteiger partial charge in [0.25, 0.3) is 11.6 Å². The van der Waals surface area contributed by atoms with Crippen molar-refractivity contribution in [3.05, 3.63) is 40.0 Å². The van der Waals surface area contributed by atoms with E-state index in [0.29, 0.717) is 6.07 Å². The standard InChI is InChI=1S/C9H7FN6O3/c10-5-3-4(16(18)19)1-2-6(5)12-8(17)7-13-9(11)15-14-7/h1-3H,(H,12,17)(H3,11,13,14,15). The van der Waals surface area contributed by atoms with Crippen LogP contribution in [0.1, 0.15) is 10.6 Å². The van der Waals surface area contributed by atoms with E-state index in [1.165, 1.54) is 0 Å². The second-order valence-electron chi connectivity index (χ2n) is 3.42. The van der Waals surface area contributed by atoms with Crippen LogP contribution in [0.15, 0.2) is 18.2 Å². The number of nitro groups is 1. The van der Waals surface area contributed by atoms with Crippen LogP contribution in [-0.2, 0) is 0 Å². The fraction of sp³-hybridized carbons (Fsp3) is 0. The molecule has 9 nitrogen and oxygen atoms in total. The van der Waals surface area contributed by atoms with Crippen LogP contribution in [0.4, 0.5) is 21.7 Å². The lowest BCUT2D eigenvalue weighted by atomic mass is 10.2. The molecule has 0 aliphatic carbocycles. The van der Waals surface area contributed by atoms with Crippen molar-refractivity contribution in [2.45, 2.75) is 0 Å². The molecule has 1 amide bonds. The number of nitrogen functional groups attached to an aromatic ring is 1. The van der Waals surface area contributed by atoms with Gasteiger partial charge in [0.15, 0.2) is 5.82 Å². The van der Waals surface area contributed by atoms with E-state index in [1.54, 1.807) is 0 Å². The Kier molecular flexibility index (Phi) is 3.06. The molecule has 2 rings (SSSR count). The Morgan fingerprint density at radius 1 is 1.53 bits per heavy atom. The zero-order valence-corrected chi connectivity index (χ0v) is 9.25. The number of nitrogens with one attached hydrogen (secondary N) is 2. The minimum Gasteiger partial charge on any atom is -0.366 e. The van der Waals surface area contributed by atoms with Crippen molar-refractivity contribution in [1.29, 1.82) is 0 Å². The lowest BCUT2D eigenvalue weighted by Gasteiger charge is -2.03. The summed E-state index contributed by atoms with van der Waals surface area (Å²) < 4.78 is 13.5. The summed E-state index contributed by atoms with van der Waals surface area (Å²) >= 11 is 0. The van der Waals surface area contributed by atoms with E-state index in [2.05, 4.69) is 20.5 Å². The van der Waals surface area contributed by atoms with Gasteiger partial charge in [-0.15, -0.1) is 5.10 Å². The van der Waals surface area contributed by atoms with Crippen molar-refractivity contribution in [2.24, 2.45) is 0 Å². The van der Waals surface area contributed by atoms with Gasteiger partial charge in [0.2, 0.25) is 11.8 Å².